The Kier molecular flexibility index (Phi) is 7.19. The average molecular weight is 520 g/mol. The lowest BCUT2D eigenvalue weighted by molar-refractivity contribution is 0.0173. The van der Waals surface area contributed by atoms with Gasteiger partial charge >= 0.3 is 6.09 Å². The highest BCUT2D eigenvalue weighted by Gasteiger charge is 2.27. The molecule has 0 aliphatic heterocycles. The van der Waals surface area contributed by atoms with Gasteiger partial charge in [-0.2, -0.15) is 0 Å². The summed E-state index contributed by atoms with van der Waals surface area (Å²) in [5, 5.41) is 8.60. The third kappa shape index (κ3) is 6.30. The van der Waals surface area contributed by atoms with Crippen molar-refractivity contribution < 1.29 is 9.53 Å². The standard InChI is InChI=1S/C27H33N7O2S/c1-27(2,3)36-26(35)33(13-19-6-5-7-19)15-20-8-9-25-29-22(16-32(25)14-20)17-34-18-24(30-31-34)21-10-23(37-4)12-28-11-21/h8-12,14,16,18-19H,5-7,13,15,17H2,1-4H3. The molecule has 4 aromatic rings. The Morgan fingerprint density at radius 2 is 2.03 bits per heavy atom. The molecule has 0 N–H and O–H groups in total. The fourth-order valence-electron chi connectivity index (χ4n) is 4.34. The number of pyridine rings is 2. The van der Waals surface area contributed by atoms with Crippen molar-refractivity contribution in [3.05, 3.63) is 60.4 Å². The van der Waals surface area contributed by atoms with Crippen LogP contribution in [0.5, 0.6) is 0 Å². The summed E-state index contributed by atoms with van der Waals surface area (Å²) in [5.74, 6) is 0.558. The molecule has 5 rings (SSSR count). The molecule has 0 radical (unpaired) electrons. The van der Waals surface area contributed by atoms with Crippen molar-refractivity contribution in [2.24, 2.45) is 5.92 Å². The van der Waals surface area contributed by atoms with Crippen LogP contribution < -0.4 is 0 Å². The third-order valence-electron chi connectivity index (χ3n) is 6.40. The summed E-state index contributed by atoms with van der Waals surface area (Å²) < 4.78 is 9.48. The van der Waals surface area contributed by atoms with Gasteiger partial charge in [0.1, 0.15) is 16.9 Å². The second-order valence-corrected chi connectivity index (χ2v) is 11.5. The molecule has 0 saturated heterocycles. The van der Waals surface area contributed by atoms with Crippen LogP contribution in [0.1, 0.15) is 51.3 Å². The van der Waals surface area contributed by atoms with Crippen molar-refractivity contribution in [1.29, 1.82) is 0 Å². The van der Waals surface area contributed by atoms with Crippen molar-refractivity contribution in [3.8, 4) is 11.3 Å². The van der Waals surface area contributed by atoms with Crippen LogP contribution in [0, 0.1) is 5.92 Å². The Balaban J connectivity index is 1.30. The Morgan fingerprint density at radius 3 is 2.76 bits per heavy atom. The predicted molar refractivity (Wildman–Crippen MR) is 143 cm³/mol. The van der Waals surface area contributed by atoms with Crippen LogP contribution in [-0.4, -0.2) is 58.8 Å². The summed E-state index contributed by atoms with van der Waals surface area (Å²) >= 11 is 1.65. The number of carbonyl (C=O) groups is 1. The highest BCUT2D eigenvalue weighted by Crippen LogP contribution is 2.28. The molecule has 9 nitrogen and oxygen atoms in total. The molecule has 1 aliphatic carbocycles. The van der Waals surface area contributed by atoms with E-state index in [1.807, 2.05) is 73.2 Å². The van der Waals surface area contributed by atoms with E-state index in [1.165, 1.54) is 19.3 Å². The molecule has 0 unspecified atom stereocenters. The first-order chi connectivity index (χ1) is 17.8. The number of imidazole rings is 1. The molecule has 1 saturated carbocycles. The molecule has 4 aromatic heterocycles. The number of rotatable bonds is 8. The molecule has 1 fully saturated rings. The molecule has 0 aromatic carbocycles. The van der Waals surface area contributed by atoms with Crippen molar-refractivity contribution >= 4 is 23.5 Å². The number of amides is 1. The predicted octanol–water partition coefficient (Wildman–Crippen LogP) is 5.30. The van der Waals surface area contributed by atoms with Crippen molar-refractivity contribution in [2.45, 2.75) is 63.6 Å². The van der Waals surface area contributed by atoms with Gasteiger partial charge in [-0.25, -0.2) is 14.5 Å². The Morgan fingerprint density at radius 1 is 1.19 bits per heavy atom. The first kappa shape index (κ1) is 25.3. The van der Waals surface area contributed by atoms with Gasteiger partial charge in [0.2, 0.25) is 0 Å². The van der Waals surface area contributed by atoms with Crippen molar-refractivity contribution in [1.82, 2.24) is 34.3 Å². The maximum absolute atomic E-state index is 12.9. The van der Waals surface area contributed by atoms with E-state index in [9.17, 15) is 4.79 Å². The van der Waals surface area contributed by atoms with E-state index in [2.05, 4.69) is 21.4 Å². The van der Waals surface area contributed by atoms with Gasteiger partial charge in [-0.3, -0.25) is 4.98 Å². The van der Waals surface area contributed by atoms with Gasteiger partial charge in [0.25, 0.3) is 0 Å². The lowest BCUT2D eigenvalue weighted by Gasteiger charge is -2.33. The van der Waals surface area contributed by atoms with Crippen LogP contribution >= 0.6 is 11.8 Å². The molecular formula is C27H33N7O2S. The Hall–Kier alpha value is -3.40. The minimum Gasteiger partial charge on any atom is -0.444 e. The van der Waals surface area contributed by atoms with Gasteiger partial charge in [0.15, 0.2) is 0 Å². The second kappa shape index (κ2) is 10.5. The molecule has 4 heterocycles. The molecule has 1 amide bonds. The molecule has 37 heavy (non-hydrogen) atoms. The monoisotopic (exact) mass is 519 g/mol. The largest absolute Gasteiger partial charge is 0.444 e. The van der Waals surface area contributed by atoms with Crippen LogP contribution in [0.3, 0.4) is 0 Å². The molecule has 0 spiro atoms. The quantitative estimate of drug-likeness (QED) is 0.292. The lowest BCUT2D eigenvalue weighted by Crippen LogP contribution is -2.40. The van der Waals surface area contributed by atoms with Crippen LogP contribution in [0.25, 0.3) is 16.9 Å². The molecule has 0 bridgehead atoms. The number of carbonyl (C=O) groups excluding carboxylic acids is 1. The minimum atomic E-state index is -0.520. The van der Waals surface area contributed by atoms with Crippen molar-refractivity contribution in [2.75, 3.05) is 12.8 Å². The van der Waals surface area contributed by atoms with E-state index in [1.54, 1.807) is 22.6 Å². The zero-order valence-corrected chi connectivity index (χ0v) is 22.6. The minimum absolute atomic E-state index is 0.258. The summed E-state index contributed by atoms with van der Waals surface area (Å²) in [7, 11) is 0. The Labute approximate surface area is 221 Å². The lowest BCUT2D eigenvalue weighted by atomic mass is 9.85. The SMILES string of the molecule is CSc1cncc(-c2cn(Cc3cn4cc(CN(CC5CCC5)C(=O)OC(C)(C)C)ccc4n3)nn2)c1. The van der Waals surface area contributed by atoms with E-state index in [0.29, 0.717) is 19.0 Å². The van der Waals surface area contributed by atoms with Gasteiger partial charge in [-0.05, 0) is 63.5 Å². The zero-order chi connectivity index (χ0) is 26.0. The zero-order valence-electron chi connectivity index (χ0n) is 21.8. The van der Waals surface area contributed by atoms with E-state index < -0.39 is 5.60 Å². The van der Waals surface area contributed by atoms with Crippen molar-refractivity contribution in [3.63, 3.8) is 0 Å². The molecule has 0 atom stereocenters. The maximum Gasteiger partial charge on any atom is 0.410 e. The summed E-state index contributed by atoms with van der Waals surface area (Å²) in [4.78, 5) is 24.9. The first-order valence-corrected chi connectivity index (χ1v) is 13.8. The number of aromatic nitrogens is 6. The molecular weight excluding hydrogens is 486 g/mol. The summed E-state index contributed by atoms with van der Waals surface area (Å²) in [6.45, 7) is 7.45. The topological polar surface area (TPSA) is 90.4 Å². The second-order valence-electron chi connectivity index (χ2n) is 10.6. The summed E-state index contributed by atoms with van der Waals surface area (Å²) in [5.41, 5.74) is 3.96. The average Bonchev–Trinajstić information content (AvgIpc) is 3.45. The number of fused-ring (bicyclic) bond motifs is 1. The number of ether oxygens (including phenoxy) is 1. The highest BCUT2D eigenvalue weighted by molar-refractivity contribution is 7.98. The van der Waals surface area contributed by atoms with Crippen LogP contribution in [0.2, 0.25) is 0 Å². The number of nitrogens with zero attached hydrogens (tertiary/aromatic N) is 7. The fourth-order valence-corrected chi connectivity index (χ4v) is 4.75. The van der Waals surface area contributed by atoms with E-state index >= 15 is 0 Å². The highest BCUT2D eigenvalue weighted by atomic mass is 32.2. The van der Waals surface area contributed by atoms with E-state index in [0.717, 1.165) is 39.6 Å². The number of thioether (sulfide) groups is 1. The normalized spacial score (nSPS) is 14.1. The number of hydrogen-bond donors (Lipinski definition) is 0. The van der Waals surface area contributed by atoms with Gasteiger partial charge < -0.3 is 14.0 Å². The van der Waals surface area contributed by atoms with Gasteiger partial charge in [0, 0.05) is 41.8 Å². The summed E-state index contributed by atoms with van der Waals surface area (Å²) in [6, 6.07) is 6.08. The van der Waals surface area contributed by atoms with Crippen LogP contribution in [-0.2, 0) is 17.8 Å². The molecule has 10 heteroatoms. The van der Waals surface area contributed by atoms with Gasteiger partial charge in [0.05, 0.1) is 25.0 Å². The van der Waals surface area contributed by atoms with Gasteiger partial charge in [-0.15, -0.1) is 16.9 Å². The van der Waals surface area contributed by atoms with Crippen LogP contribution in [0.4, 0.5) is 4.79 Å². The third-order valence-corrected chi connectivity index (χ3v) is 7.09. The Bertz CT molecular complexity index is 1390. The fraction of sp³-hybridized carbons (Fsp3) is 0.444. The van der Waals surface area contributed by atoms with Crippen LogP contribution in [0.15, 0.2) is 54.1 Å². The molecule has 1 aliphatic rings. The number of hydrogen-bond acceptors (Lipinski definition) is 7. The smallest absolute Gasteiger partial charge is 0.410 e. The van der Waals surface area contributed by atoms with E-state index in [4.69, 9.17) is 9.72 Å². The first-order valence-electron chi connectivity index (χ1n) is 12.6. The maximum atomic E-state index is 12.9. The van der Waals surface area contributed by atoms with E-state index in [-0.39, 0.29) is 6.09 Å². The van der Waals surface area contributed by atoms with Gasteiger partial charge in [-0.1, -0.05) is 17.7 Å². The summed E-state index contributed by atoms with van der Waals surface area (Å²) in [6.07, 6.45) is 14.9. The molecule has 194 valence electrons.